The first-order valence-corrected chi connectivity index (χ1v) is 3.89. The molecule has 0 saturated carbocycles. The molecule has 1 fully saturated rings. The zero-order valence-electron chi connectivity index (χ0n) is 5.95. The van der Waals surface area contributed by atoms with Crippen molar-refractivity contribution < 1.29 is 9.47 Å². The monoisotopic (exact) mass is 140 g/mol. The first kappa shape index (κ1) is 6.23. The molecule has 0 spiro atoms. The Morgan fingerprint density at radius 3 is 3.30 bits per heavy atom. The minimum Gasteiger partial charge on any atom is -0.473 e. The molecule has 2 heteroatoms. The van der Waals surface area contributed by atoms with Gasteiger partial charge in [0.2, 0.25) is 6.29 Å². The number of rotatable bonds is 0. The van der Waals surface area contributed by atoms with Gasteiger partial charge in [-0.15, -0.1) is 0 Å². The fraction of sp³-hybridized carbons (Fsp3) is 0.750. The molecule has 0 bridgehead atoms. The van der Waals surface area contributed by atoms with Crippen molar-refractivity contribution in [3.05, 3.63) is 12.3 Å². The van der Waals surface area contributed by atoms with E-state index in [2.05, 4.69) is 6.08 Å². The van der Waals surface area contributed by atoms with E-state index in [-0.39, 0.29) is 6.29 Å². The Morgan fingerprint density at radius 2 is 2.40 bits per heavy atom. The standard InChI is InChI=1S/C8H12O2/c1-3-7-4-2-6-10-8(7)9-5-1/h1,5,7-8H,2-4,6H2/t7-,8+/m1/s1. The van der Waals surface area contributed by atoms with Crippen LogP contribution in [0.1, 0.15) is 19.3 Å². The molecule has 10 heavy (non-hydrogen) atoms. The van der Waals surface area contributed by atoms with Crippen LogP contribution < -0.4 is 0 Å². The van der Waals surface area contributed by atoms with E-state index < -0.39 is 0 Å². The van der Waals surface area contributed by atoms with E-state index in [1.54, 1.807) is 6.26 Å². The summed E-state index contributed by atoms with van der Waals surface area (Å²) in [7, 11) is 0. The molecule has 0 unspecified atom stereocenters. The minimum atomic E-state index is 0.0683. The zero-order chi connectivity index (χ0) is 6.81. The predicted molar refractivity (Wildman–Crippen MR) is 37.3 cm³/mol. The Hall–Kier alpha value is -0.500. The van der Waals surface area contributed by atoms with Crippen LogP contribution in [0.4, 0.5) is 0 Å². The number of hydrogen-bond donors (Lipinski definition) is 0. The lowest BCUT2D eigenvalue weighted by Gasteiger charge is -2.32. The van der Waals surface area contributed by atoms with E-state index in [0.717, 1.165) is 13.0 Å². The summed E-state index contributed by atoms with van der Waals surface area (Å²) in [5.74, 6) is 0.624. The van der Waals surface area contributed by atoms with Crippen molar-refractivity contribution in [1.29, 1.82) is 0 Å². The maximum atomic E-state index is 5.41. The van der Waals surface area contributed by atoms with E-state index in [1.807, 2.05) is 0 Å². The molecule has 56 valence electrons. The van der Waals surface area contributed by atoms with Gasteiger partial charge in [-0.25, -0.2) is 0 Å². The Kier molecular flexibility index (Phi) is 1.63. The second-order valence-electron chi connectivity index (χ2n) is 2.89. The average molecular weight is 140 g/mol. The lowest BCUT2D eigenvalue weighted by atomic mass is 9.96. The summed E-state index contributed by atoms with van der Waals surface area (Å²) < 4.78 is 10.7. The Labute approximate surface area is 60.8 Å². The molecule has 0 aromatic heterocycles. The predicted octanol–water partition coefficient (Wildman–Crippen LogP) is 1.67. The highest BCUT2D eigenvalue weighted by Crippen LogP contribution is 2.27. The number of ether oxygens (including phenoxy) is 2. The summed E-state index contributed by atoms with van der Waals surface area (Å²) in [4.78, 5) is 0. The lowest BCUT2D eigenvalue weighted by molar-refractivity contribution is -0.168. The van der Waals surface area contributed by atoms with Gasteiger partial charge in [-0.2, -0.15) is 0 Å². The zero-order valence-corrected chi connectivity index (χ0v) is 5.95. The van der Waals surface area contributed by atoms with Gasteiger partial charge in [0.1, 0.15) is 0 Å². The van der Waals surface area contributed by atoms with Crippen molar-refractivity contribution in [1.82, 2.24) is 0 Å². The molecule has 2 aliphatic heterocycles. The van der Waals surface area contributed by atoms with Crippen LogP contribution in [0.3, 0.4) is 0 Å². The molecular weight excluding hydrogens is 128 g/mol. The van der Waals surface area contributed by atoms with Crippen molar-refractivity contribution in [3.8, 4) is 0 Å². The lowest BCUT2D eigenvalue weighted by Crippen LogP contribution is -2.32. The molecule has 0 aromatic carbocycles. The Bertz CT molecular complexity index is 126. The summed E-state index contributed by atoms with van der Waals surface area (Å²) in [6.45, 7) is 0.870. The van der Waals surface area contributed by atoms with E-state index in [0.29, 0.717) is 5.92 Å². The van der Waals surface area contributed by atoms with Gasteiger partial charge >= 0.3 is 0 Å². The highest BCUT2D eigenvalue weighted by molar-refractivity contribution is 4.86. The summed E-state index contributed by atoms with van der Waals surface area (Å²) >= 11 is 0. The van der Waals surface area contributed by atoms with Crippen molar-refractivity contribution in [2.24, 2.45) is 5.92 Å². The average Bonchev–Trinajstić information content (AvgIpc) is 2.05. The van der Waals surface area contributed by atoms with E-state index in [9.17, 15) is 0 Å². The molecule has 2 rings (SSSR count). The van der Waals surface area contributed by atoms with Crippen LogP contribution in [-0.2, 0) is 9.47 Å². The van der Waals surface area contributed by atoms with Crippen LogP contribution in [0.15, 0.2) is 12.3 Å². The third-order valence-electron chi connectivity index (χ3n) is 2.13. The van der Waals surface area contributed by atoms with E-state index in [4.69, 9.17) is 9.47 Å². The molecule has 2 atom stereocenters. The van der Waals surface area contributed by atoms with Gasteiger partial charge in [0.25, 0.3) is 0 Å². The summed E-state index contributed by atoms with van der Waals surface area (Å²) in [5, 5.41) is 0. The van der Waals surface area contributed by atoms with Gasteiger partial charge in [-0.05, 0) is 25.3 Å². The first-order chi connectivity index (χ1) is 4.97. The summed E-state index contributed by atoms with van der Waals surface area (Å²) in [6, 6.07) is 0. The van der Waals surface area contributed by atoms with E-state index >= 15 is 0 Å². The largest absolute Gasteiger partial charge is 0.473 e. The fourth-order valence-electron chi connectivity index (χ4n) is 1.56. The Balaban J connectivity index is 2.01. The van der Waals surface area contributed by atoms with E-state index in [1.165, 1.54) is 12.8 Å². The second-order valence-corrected chi connectivity index (χ2v) is 2.89. The topological polar surface area (TPSA) is 18.5 Å². The summed E-state index contributed by atoms with van der Waals surface area (Å²) in [5.41, 5.74) is 0. The molecule has 2 heterocycles. The number of allylic oxidation sites excluding steroid dienone is 1. The minimum absolute atomic E-state index is 0.0683. The Morgan fingerprint density at radius 1 is 1.40 bits per heavy atom. The van der Waals surface area contributed by atoms with Crippen LogP contribution >= 0.6 is 0 Å². The van der Waals surface area contributed by atoms with Crippen molar-refractivity contribution >= 4 is 0 Å². The van der Waals surface area contributed by atoms with Crippen LogP contribution in [0, 0.1) is 5.92 Å². The highest BCUT2D eigenvalue weighted by atomic mass is 16.7. The van der Waals surface area contributed by atoms with Crippen molar-refractivity contribution in [2.45, 2.75) is 25.6 Å². The summed E-state index contributed by atoms with van der Waals surface area (Å²) in [6.07, 6.45) is 7.49. The molecule has 1 saturated heterocycles. The van der Waals surface area contributed by atoms with Crippen molar-refractivity contribution in [3.63, 3.8) is 0 Å². The van der Waals surface area contributed by atoms with Crippen LogP contribution in [0.25, 0.3) is 0 Å². The van der Waals surface area contributed by atoms with Crippen LogP contribution in [0.5, 0.6) is 0 Å². The maximum Gasteiger partial charge on any atom is 0.202 e. The van der Waals surface area contributed by atoms with Gasteiger partial charge in [-0.1, -0.05) is 0 Å². The molecule has 0 aromatic rings. The normalized spacial score (nSPS) is 38.4. The SMILES string of the molecule is C1=CO[C@H]2OCCC[C@H]2C1. The fourth-order valence-corrected chi connectivity index (χ4v) is 1.56. The molecule has 0 N–H and O–H groups in total. The van der Waals surface area contributed by atoms with Gasteiger partial charge in [0.15, 0.2) is 0 Å². The van der Waals surface area contributed by atoms with Gasteiger partial charge in [0, 0.05) is 5.92 Å². The third-order valence-corrected chi connectivity index (χ3v) is 2.13. The molecular formula is C8H12O2. The van der Waals surface area contributed by atoms with Gasteiger partial charge in [-0.3, -0.25) is 0 Å². The third kappa shape index (κ3) is 1.03. The van der Waals surface area contributed by atoms with Gasteiger partial charge in [0.05, 0.1) is 12.9 Å². The number of fused-ring (bicyclic) bond motifs is 1. The van der Waals surface area contributed by atoms with Crippen LogP contribution in [-0.4, -0.2) is 12.9 Å². The molecule has 2 nitrogen and oxygen atoms in total. The molecule has 0 amide bonds. The molecule has 0 radical (unpaired) electrons. The second kappa shape index (κ2) is 2.62. The quantitative estimate of drug-likeness (QED) is 0.509. The van der Waals surface area contributed by atoms with Gasteiger partial charge < -0.3 is 9.47 Å². The molecule has 0 aliphatic carbocycles. The maximum absolute atomic E-state index is 5.41. The smallest absolute Gasteiger partial charge is 0.202 e. The number of hydrogen-bond acceptors (Lipinski definition) is 2. The molecule has 2 aliphatic rings. The van der Waals surface area contributed by atoms with Crippen LogP contribution in [0.2, 0.25) is 0 Å². The first-order valence-electron chi connectivity index (χ1n) is 3.89. The highest BCUT2D eigenvalue weighted by Gasteiger charge is 2.27. The van der Waals surface area contributed by atoms with Crippen molar-refractivity contribution in [2.75, 3.05) is 6.61 Å².